The molecule has 0 spiro atoms. The van der Waals surface area contributed by atoms with Crippen molar-refractivity contribution in [1.29, 1.82) is 0 Å². The Labute approximate surface area is 128 Å². The molecule has 2 amide bonds. The number of rotatable bonds is 6. The lowest BCUT2D eigenvalue weighted by molar-refractivity contribution is -0.151. The summed E-state index contributed by atoms with van der Waals surface area (Å²) < 4.78 is 5.71. The summed E-state index contributed by atoms with van der Waals surface area (Å²) in [6.45, 7) is 12.9. The first-order valence-corrected chi connectivity index (χ1v) is 7.90. The van der Waals surface area contributed by atoms with E-state index in [-0.39, 0.29) is 23.5 Å². The van der Waals surface area contributed by atoms with Crippen LogP contribution in [0.4, 0.5) is 0 Å². The van der Waals surface area contributed by atoms with Gasteiger partial charge in [0.15, 0.2) is 0 Å². The highest BCUT2D eigenvalue weighted by Crippen LogP contribution is 2.19. The molecule has 1 fully saturated rings. The molecule has 0 aliphatic carbocycles. The van der Waals surface area contributed by atoms with Crippen molar-refractivity contribution in [2.45, 2.75) is 72.1 Å². The van der Waals surface area contributed by atoms with Crippen LogP contribution < -0.4 is 5.32 Å². The maximum Gasteiger partial charge on any atom is 0.245 e. The molecule has 1 heterocycles. The number of nitrogens with one attached hydrogen (secondary N) is 1. The van der Waals surface area contributed by atoms with E-state index in [1.54, 1.807) is 4.90 Å². The average molecular weight is 298 g/mol. The third kappa shape index (κ3) is 5.30. The Morgan fingerprint density at radius 2 is 1.90 bits per heavy atom. The van der Waals surface area contributed by atoms with E-state index < -0.39 is 6.04 Å². The van der Waals surface area contributed by atoms with Gasteiger partial charge < -0.3 is 15.0 Å². The van der Waals surface area contributed by atoms with E-state index in [0.29, 0.717) is 31.9 Å². The number of ether oxygens (including phenoxy) is 1. The lowest BCUT2D eigenvalue weighted by Gasteiger charge is -2.39. The molecule has 1 saturated heterocycles. The zero-order valence-electron chi connectivity index (χ0n) is 14.2. The number of nitrogens with zero attached hydrogens (tertiary/aromatic N) is 1. The molecule has 5 nitrogen and oxygen atoms in total. The lowest BCUT2D eigenvalue weighted by atomic mass is 9.97. The lowest BCUT2D eigenvalue weighted by Crippen LogP contribution is -2.63. The highest BCUT2D eigenvalue weighted by molar-refractivity contribution is 5.96. The van der Waals surface area contributed by atoms with Crippen molar-refractivity contribution < 1.29 is 14.3 Å². The van der Waals surface area contributed by atoms with Crippen LogP contribution in [-0.4, -0.2) is 47.6 Å². The smallest absolute Gasteiger partial charge is 0.245 e. The normalized spacial score (nSPS) is 23.7. The summed E-state index contributed by atoms with van der Waals surface area (Å²) in [7, 11) is 0. The van der Waals surface area contributed by atoms with Gasteiger partial charge in [0.2, 0.25) is 11.8 Å². The van der Waals surface area contributed by atoms with Crippen LogP contribution in [0, 0.1) is 5.92 Å². The number of piperazine rings is 1. The van der Waals surface area contributed by atoms with E-state index >= 15 is 0 Å². The molecule has 0 saturated carbocycles. The van der Waals surface area contributed by atoms with Crippen molar-refractivity contribution in [1.82, 2.24) is 10.2 Å². The Hall–Kier alpha value is -1.10. The Kier molecular flexibility index (Phi) is 6.20. The van der Waals surface area contributed by atoms with Gasteiger partial charge in [-0.25, -0.2) is 0 Å². The molecule has 5 heteroatoms. The van der Waals surface area contributed by atoms with E-state index in [4.69, 9.17) is 4.74 Å². The summed E-state index contributed by atoms with van der Waals surface area (Å²) in [4.78, 5) is 26.5. The van der Waals surface area contributed by atoms with Crippen molar-refractivity contribution in [3.63, 3.8) is 0 Å². The molecule has 0 bridgehead atoms. The molecule has 1 N–H and O–H groups in total. The van der Waals surface area contributed by atoms with Gasteiger partial charge >= 0.3 is 0 Å². The van der Waals surface area contributed by atoms with Crippen molar-refractivity contribution >= 4 is 11.8 Å². The molecule has 0 aromatic heterocycles. The van der Waals surface area contributed by atoms with Gasteiger partial charge in [0.25, 0.3) is 0 Å². The minimum Gasteiger partial charge on any atom is -0.374 e. The third-order valence-electron chi connectivity index (χ3n) is 3.55. The van der Waals surface area contributed by atoms with E-state index in [1.165, 1.54) is 0 Å². The molecule has 1 aliphatic heterocycles. The summed E-state index contributed by atoms with van der Waals surface area (Å²) in [5, 5.41) is 2.84. The summed E-state index contributed by atoms with van der Waals surface area (Å²) in [5.41, 5.74) is -0.237. The number of carbonyl (C=O) groups is 2. The van der Waals surface area contributed by atoms with Crippen LogP contribution in [0.25, 0.3) is 0 Å². The molecule has 2 atom stereocenters. The first-order chi connectivity index (χ1) is 9.65. The molecule has 2 unspecified atom stereocenters. The van der Waals surface area contributed by atoms with Gasteiger partial charge in [-0.1, -0.05) is 20.8 Å². The van der Waals surface area contributed by atoms with E-state index in [1.807, 2.05) is 27.7 Å². The number of carbonyl (C=O) groups excluding carboxylic acids is 2. The second-order valence-corrected chi connectivity index (χ2v) is 7.11. The van der Waals surface area contributed by atoms with Gasteiger partial charge in [-0.2, -0.15) is 0 Å². The molecule has 1 aliphatic rings. The van der Waals surface area contributed by atoms with Gasteiger partial charge in [-0.15, -0.1) is 0 Å². The van der Waals surface area contributed by atoms with Gasteiger partial charge in [-0.3, -0.25) is 9.59 Å². The maximum atomic E-state index is 12.5. The van der Waals surface area contributed by atoms with Crippen LogP contribution in [-0.2, 0) is 14.3 Å². The zero-order valence-corrected chi connectivity index (χ0v) is 14.2. The minimum absolute atomic E-state index is 0.0141. The Bertz CT molecular complexity index is 374. The fraction of sp³-hybridized carbons (Fsp3) is 0.875. The average Bonchev–Trinajstić information content (AvgIpc) is 2.35. The van der Waals surface area contributed by atoms with Gasteiger partial charge in [-0.05, 0) is 39.5 Å². The second-order valence-electron chi connectivity index (χ2n) is 7.11. The SMILES string of the molecule is CCC1NC(=O)C(CC(C)C)N(CCOC(C)(C)C)C1=O. The van der Waals surface area contributed by atoms with Gasteiger partial charge in [0, 0.05) is 6.54 Å². The number of amides is 2. The van der Waals surface area contributed by atoms with Gasteiger partial charge in [0.1, 0.15) is 12.1 Å². The fourth-order valence-electron chi connectivity index (χ4n) is 2.50. The largest absolute Gasteiger partial charge is 0.374 e. The summed E-state index contributed by atoms with van der Waals surface area (Å²) in [6, 6.07) is -0.764. The third-order valence-corrected chi connectivity index (χ3v) is 3.55. The van der Waals surface area contributed by atoms with Crippen molar-refractivity contribution in [3.05, 3.63) is 0 Å². The molecule has 1 rings (SSSR count). The molecular formula is C16H30N2O3. The molecule has 122 valence electrons. The van der Waals surface area contributed by atoms with Crippen LogP contribution in [0.5, 0.6) is 0 Å². The van der Waals surface area contributed by atoms with Crippen molar-refractivity contribution in [2.75, 3.05) is 13.2 Å². The molecular weight excluding hydrogens is 268 g/mol. The van der Waals surface area contributed by atoms with E-state index in [2.05, 4.69) is 19.2 Å². The second kappa shape index (κ2) is 7.25. The molecule has 0 aromatic carbocycles. The quantitative estimate of drug-likeness (QED) is 0.815. The summed E-state index contributed by atoms with van der Waals surface area (Å²) in [6.07, 6.45) is 1.30. The number of hydrogen-bond donors (Lipinski definition) is 1. The summed E-state index contributed by atoms with van der Waals surface area (Å²) in [5.74, 6) is 0.337. The Morgan fingerprint density at radius 3 is 2.38 bits per heavy atom. The minimum atomic E-state index is -0.393. The van der Waals surface area contributed by atoms with Crippen LogP contribution in [0.15, 0.2) is 0 Å². The van der Waals surface area contributed by atoms with E-state index in [9.17, 15) is 9.59 Å². The van der Waals surface area contributed by atoms with E-state index in [0.717, 1.165) is 0 Å². The van der Waals surface area contributed by atoms with Crippen LogP contribution in [0.1, 0.15) is 54.4 Å². The molecule has 0 radical (unpaired) electrons. The maximum absolute atomic E-state index is 12.5. The van der Waals surface area contributed by atoms with Crippen molar-refractivity contribution in [2.24, 2.45) is 5.92 Å². The molecule has 0 aromatic rings. The van der Waals surface area contributed by atoms with Crippen LogP contribution >= 0.6 is 0 Å². The molecule has 21 heavy (non-hydrogen) atoms. The topological polar surface area (TPSA) is 58.6 Å². The fourth-order valence-corrected chi connectivity index (χ4v) is 2.50. The first-order valence-electron chi connectivity index (χ1n) is 7.90. The standard InChI is InChI=1S/C16H30N2O3/c1-7-12-15(20)18(8-9-21-16(4,5)6)13(10-11(2)3)14(19)17-12/h11-13H,7-10H2,1-6H3,(H,17,19). The Balaban J connectivity index is 2.78. The highest BCUT2D eigenvalue weighted by Gasteiger charge is 2.39. The first kappa shape index (κ1) is 18.0. The Morgan fingerprint density at radius 1 is 1.29 bits per heavy atom. The monoisotopic (exact) mass is 298 g/mol. The zero-order chi connectivity index (χ0) is 16.2. The van der Waals surface area contributed by atoms with Crippen LogP contribution in [0.2, 0.25) is 0 Å². The van der Waals surface area contributed by atoms with Crippen LogP contribution in [0.3, 0.4) is 0 Å². The predicted octanol–water partition coefficient (Wildman–Crippen LogP) is 1.95. The summed E-state index contributed by atoms with van der Waals surface area (Å²) >= 11 is 0. The van der Waals surface area contributed by atoms with Gasteiger partial charge in [0.05, 0.1) is 12.2 Å². The predicted molar refractivity (Wildman–Crippen MR) is 82.9 cm³/mol. The number of hydrogen-bond acceptors (Lipinski definition) is 3. The highest BCUT2D eigenvalue weighted by atomic mass is 16.5. The van der Waals surface area contributed by atoms with Crippen molar-refractivity contribution in [3.8, 4) is 0 Å².